The lowest BCUT2D eigenvalue weighted by atomic mass is 10.2. The third-order valence-corrected chi connectivity index (χ3v) is 3.81. The summed E-state index contributed by atoms with van der Waals surface area (Å²) in [4.78, 5) is 21.4. The second-order valence-electron chi connectivity index (χ2n) is 5.89. The van der Waals surface area contributed by atoms with Crippen LogP contribution in [0.15, 0.2) is 36.4 Å². The van der Waals surface area contributed by atoms with Gasteiger partial charge in [0.05, 0.1) is 0 Å². The average molecular weight is 326 g/mol. The number of hydrogen-bond donors (Lipinski definition) is 2. The van der Waals surface area contributed by atoms with Crippen LogP contribution < -0.4 is 10.6 Å². The van der Waals surface area contributed by atoms with Gasteiger partial charge in [-0.25, -0.2) is 9.97 Å². The quantitative estimate of drug-likeness (QED) is 0.722. The summed E-state index contributed by atoms with van der Waals surface area (Å²) in [5.74, 6) is 1.08. The van der Waals surface area contributed by atoms with Gasteiger partial charge in [0.1, 0.15) is 11.5 Å². The molecule has 1 amide bonds. The normalized spacial score (nSPS) is 11.8. The summed E-state index contributed by atoms with van der Waals surface area (Å²) < 4.78 is 0. The van der Waals surface area contributed by atoms with Gasteiger partial charge in [-0.05, 0) is 19.8 Å². The largest absolute Gasteiger partial charge is 0.367 e. The molecule has 0 aliphatic heterocycles. The molecule has 0 aliphatic carbocycles. The van der Waals surface area contributed by atoms with Crippen LogP contribution in [0.4, 0.5) is 5.82 Å². The van der Waals surface area contributed by atoms with Gasteiger partial charge in [-0.2, -0.15) is 0 Å². The van der Waals surface area contributed by atoms with E-state index in [1.54, 1.807) is 6.07 Å². The van der Waals surface area contributed by atoms with E-state index < -0.39 is 0 Å². The molecule has 0 bridgehead atoms. The van der Waals surface area contributed by atoms with Crippen molar-refractivity contribution in [3.63, 3.8) is 0 Å². The molecule has 2 aromatic rings. The molecule has 24 heavy (non-hydrogen) atoms. The monoisotopic (exact) mass is 326 g/mol. The van der Waals surface area contributed by atoms with Crippen molar-refractivity contribution in [2.75, 3.05) is 11.9 Å². The minimum absolute atomic E-state index is 0.157. The van der Waals surface area contributed by atoms with Crippen molar-refractivity contribution in [2.24, 2.45) is 0 Å². The second-order valence-corrected chi connectivity index (χ2v) is 5.89. The molecule has 1 aromatic carbocycles. The van der Waals surface area contributed by atoms with E-state index in [0.29, 0.717) is 23.9 Å². The van der Waals surface area contributed by atoms with E-state index in [1.807, 2.05) is 30.3 Å². The number of rotatable bonds is 8. The summed E-state index contributed by atoms with van der Waals surface area (Å²) in [6, 6.07) is 11.7. The Morgan fingerprint density at radius 1 is 1.17 bits per heavy atom. The maximum Gasteiger partial charge on any atom is 0.270 e. The lowest BCUT2D eigenvalue weighted by molar-refractivity contribution is 0.0948. The Morgan fingerprint density at radius 2 is 1.92 bits per heavy atom. The number of benzene rings is 1. The van der Waals surface area contributed by atoms with Crippen LogP contribution in [0.2, 0.25) is 0 Å². The number of unbranched alkanes of at least 4 members (excludes halogenated alkanes) is 1. The van der Waals surface area contributed by atoms with Gasteiger partial charge >= 0.3 is 0 Å². The Balaban J connectivity index is 2.31. The van der Waals surface area contributed by atoms with Crippen molar-refractivity contribution in [3.8, 4) is 11.4 Å². The van der Waals surface area contributed by atoms with Crippen LogP contribution in [0, 0.1) is 0 Å². The average Bonchev–Trinajstić information content (AvgIpc) is 2.62. The first-order valence-corrected chi connectivity index (χ1v) is 8.63. The highest BCUT2D eigenvalue weighted by Crippen LogP contribution is 2.18. The molecule has 128 valence electrons. The van der Waals surface area contributed by atoms with E-state index in [1.165, 1.54) is 0 Å². The molecule has 1 aromatic heterocycles. The molecule has 2 N–H and O–H groups in total. The zero-order valence-corrected chi connectivity index (χ0v) is 14.7. The molecule has 1 unspecified atom stereocenters. The van der Waals surface area contributed by atoms with Crippen molar-refractivity contribution in [1.29, 1.82) is 0 Å². The molecule has 0 saturated heterocycles. The maximum absolute atomic E-state index is 12.4. The third kappa shape index (κ3) is 5.05. The lowest BCUT2D eigenvalue weighted by Crippen LogP contribution is -2.26. The van der Waals surface area contributed by atoms with Crippen LogP contribution in [0.5, 0.6) is 0 Å². The van der Waals surface area contributed by atoms with Crippen molar-refractivity contribution < 1.29 is 4.79 Å². The number of nitrogens with zero attached hydrogens (tertiary/aromatic N) is 2. The van der Waals surface area contributed by atoms with Crippen molar-refractivity contribution >= 4 is 11.7 Å². The van der Waals surface area contributed by atoms with Gasteiger partial charge in [-0.3, -0.25) is 4.79 Å². The van der Waals surface area contributed by atoms with E-state index in [4.69, 9.17) is 0 Å². The fraction of sp³-hybridized carbons (Fsp3) is 0.421. The SMILES string of the molecule is CCCCNC(=O)c1cc(NC(C)CC)nc(-c2ccccc2)n1. The summed E-state index contributed by atoms with van der Waals surface area (Å²) in [6.07, 6.45) is 2.98. The molecular formula is C19H26N4O. The van der Waals surface area contributed by atoms with E-state index in [-0.39, 0.29) is 11.9 Å². The number of hydrogen-bond acceptors (Lipinski definition) is 4. The number of aromatic nitrogens is 2. The Bertz CT molecular complexity index is 658. The van der Waals surface area contributed by atoms with Crippen LogP contribution in [0.3, 0.4) is 0 Å². The minimum atomic E-state index is -0.157. The summed E-state index contributed by atoms with van der Waals surface area (Å²) in [6.45, 7) is 6.95. The molecule has 0 radical (unpaired) electrons. The molecule has 1 atom stereocenters. The van der Waals surface area contributed by atoms with Crippen LogP contribution >= 0.6 is 0 Å². The zero-order valence-electron chi connectivity index (χ0n) is 14.7. The first-order chi connectivity index (χ1) is 11.6. The molecule has 0 spiro atoms. The van der Waals surface area contributed by atoms with Gasteiger partial charge in [0.2, 0.25) is 0 Å². The standard InChI is InChI=1S/C19H26N4O/c1-4-6-12-20-19(24)16-13-17(21-14(3)5-2)23-18(22-16)15-10-8-7-9-11-15/h7-11,13-14H,4-6,12H2,1-3H3,(H,20,24)(H,21,22,23). The van der Waals surface area contributed by atoms with Crippen LogP contribution in [-0.4, -0.2) is 28.5 Å². The number of anilines is 1. The first-order valence-electron chi connectivity index (χ1n) is 8.63. The maximum atomic E-state index is 12.4. The molecule has 0 fully saturated rings. The van der Waals surface area contributed by atoms with Crippen LogP contribution in [-0.2, 0) is 0 Å². The number of amides is 1. The molecule has 5 nitrogen and oxygen atoms in total. The molecule has 2 rings (SSSR count). The minimum Gasteiger partial charge on any atom is -0.367 e. The first kappa shape index (κ1) is 17.9. The van der Waals surface area contributed by atoms with Gasteiger partial charge in [0.15, 0.2) is 5.82 Å². The molecule has 0 saturated carbocycles. The topological polar surface area (TPSA) is 66.9 Å². The van der Waals surface area contributed by atoms with E-state index in [0.717, 1.165) is 24.8 Å². The summed E-state index contributed by atoms with van der Waals surface area (Å²) >= 11 is 0. The molecule has 1 heterocycles. The number of carbonyl (C=O) groups excluding carboxylic acids is 1. The fourth-order valence-electron chi connectivity index (χ4n) is 2.18. The Morgan fingerprint density at radius 3 is 2.58 bits per heavy atom. The Hall–Kier alpha value is -2.43. The summed E-state index contributed by atoms with van der Waals surface area (Å²) in [7, 11) is 0. The molecule has 5 heteroatoms. The van der Waals surface area contributed by atoms with Crippen molar-refractivity contribution in [1.82, 2.24) is 15.3 Å². The highest BCUT2D eigenvalue weighted by molar-refractivity contribution is 5.93. The zero-order chi connectivity index (χ0) is 17.4. The number of carbonyl (C=O) groups is 1. The summed E-state index contributed by atoms with van der Waals surface area (Å²) in [5, 5.41) is 6.25. The van der Waals surface area contributed by atoms with Gasteiger partial charge in [-0.1, -0.05) is 50.6 Å². The highest BCUT2D eigenvalue weighted by atomic mass is 16.1. The number of nitrogens with one attached hydrogen (secondary N) is 2. The molecule has 0 aliphatic rings. The predicted molar refractivity (Wildman–Crippen MR) is 98.1 cm³/mol. The fourth-order valence-corrected chi connectivity index (χ4v) is 2.18. The van der Waals surface area contributed by atoms with Gasteiger partial charge in [-0.15, -0.1) is 0 Å². The van der Waals surface area contributed by atoms with E-state index in [9.17, 15) is 4.79 Å². The van der Waals surface area contributed by atoms with Gasteiger partial charge in [0, 0.05) is 24.2 Å². The van der Waals surface area contributed by atoms with Gasteiger partial charge in [0.25, 0.3) is 5.91 Å². The highest BCUT2D eigenvalue weighted by Gasteiger charge is 2.13. The van der Waals surface area contributed by atoms with Crippen molar-refractivity contribution in [3.05, 3.63) is 42.1 Å². The van der Waals surface area contributed by atoms with E-state index in [2.05, 4.69) is 41.4 Å². The molecular weight excluding hydrogens is 300 g/mol. The van der Waals surface area contributed by atoms with Crippen molar-refractivity contribution in [2.45, 2.75) is 46.1 Å². The lowest BCUT2D eigenvalue weighted by Gasteiger charge is -2.14. The Kier molecular flexibility index (Phi) is 6.73. The van der Waals surface area contributed by atoms with Crippen LogP contribution in [0.25, 0.3) is 11.4 Å². The summed E-state index contributed by atoms with van der Waals surface area (Å²) in [5.41, 5.74) is 1.29. The van der Waals surface area contributed by atoms with E-state index >= 15 is 0 Å². The predicted octanol–water partition coefficient (Wildman–Crippen LogP) is 3.88. The van der Waals surface area contributed by atoms with Crippen LogP contribution in [0.1, 0.15) is 50.5 Å². The van der Waals surface area contributed by atoms with Gasteiger partial charge < -0.3 is 10.6 Å². The smallest absolute Gasteiger partial charge is 0.270 e. The second kappa shape index (κ2) is 9.01. The Labute approximate surface area is 143 Å². The third-order valence-electron chi connectivity index (χ3n) is 3.81.